The van der Waals surface area contributed by atoms with Crippen molar-refractivity contribution in [2.75, 3.05) is 0 Å². The summed E-state index contributed by atoms with van der Waals surface area (Å²) in [5.41, 5.74) is 1.32. The fourth-order valence-electron chi connectivity index (χ4n) is 0.861. The Labute approximate surface area is 67.1 Å². The minimum Gasteiger partial charge on any atom is -0.328 e. The molecule has 2 heterocycles. The van der Waals surface area contributed by atoms with Crippen molar-refractivity contribution in [3.63, 3.8) is 0 Å². The third-order valence-corrected chi connectivity index (χ3v) is 1.60. The van der Waals surface area contributed by atoms with Gasteiger partial charge in [-0.3, -0.25) is 0 Å². The Hall–Kier alpha value is -1.30. The molecule has 11 heavy (non-hydrogen) atoms. The molecule has 0 aliphatic heterocycles. The highest BCUT2D eigenvalue weighted by Gasteiger charge is 2.00. The van der Waals surface area contributed by atoms with E-state index in [2.05, 4.69) is 20.2 Å². The molecule has 6 heteroatoms. The van der Waals surface area contributed by atoms with E-state index in [9.17, 15) is 0 Å². The van der Waals surface area contributed by atoms with Crippen LogP contribution >= 0.6 is 12.2 Å². The Morgan fingerprint density at radius 2 is 2.36 bits per heavy atom. The van der Waals surface area contributed by atoms with Crippen LogP contribution < -0.4 is 0 Å². The van der Waals surface area contributed by atoms with Crippen LogP contribution in [0.5, 0.6) is 0 Å². The Kier molecular flexibility index (Phi) is 1.22. The summed E-state index contributed by atoms with van der Waals surface area (Å²) in [6, 6.07) is 0. The number of aromatic nitrogens is 5. The van der Waals surface area contributed by atoms with E-state index in [4.69, 9.17) is 12.2 Å². The van der Waals surface area contributed by atoms with Crippen molar-refractivity contribution in [3.05, 3.63) is 11.0 Å². The molecule has 0 aromatic carbocycles. The lowest BCUT2D eigenvalue weighted by atomic mass is 10.6. The zero-order chi connectivity index (χ0) is 7.84. The van der Waals surface area contributed by atoms with Gasteiger partial charge in [0.05, 0.1) is 6.33 Å². The van der Waals surface area contributed by atoms with Crippen molar-refractivity contribution in [2.24, 2.45) is 7.05 Å². The summed E-state index contributed by atoms with van der Waals surface area (Å²) in [5, 5.41) is 8.04. The summed E-state index contributed by atoms with van der Waals surface area (Å²) in [5.74, 6) is 0. The van der Waals surface area contributed by atoms with Gasteiger partial charge in [0, 0.05) is 7.05 Å². The molecule has 0 saturated heterocycles. The number of fused-ring (bicyclic) bond motifs is 1. The van der Waals surface area contributed by atoms with E-state index in [-0.39, 0.29) is 0 Å². The Morgan fingerprint density at radius 1 is 1.55 bits per heavy atom. The van der Waals surface area contributed by atoms with Crippen LogP contribution in [0.25, 0.3) is 11.2 Å². The van der Waals surface area contributed by atoms with Gasteiger partial charge >= 0.3 is 0 Å². The first-order chi connectivity index (χ1) is 5.27. The fraction of sp³-hybridized carbons (Fsp3) is 0.200. The first-order valence-electron chi connectivity index (χ1n) is 3.02. The van der Waals surface area contributed by atoms with Gasteiger partial charge in [0.1, 0.15) is 0 Å². The minimum atomic E-state index is 0.479. The molecule has 0 aliphatic carbocycles. The van der Waals surface area contributed by atoms with Crippen LogP contribution in [0.4, 0.5) is 0 Å². The lowest BCUT2D eigenvalue weighted by Crippen LogP contribution is -1.90. The zero-order valence-electron chi connectivity index (χ0n) is 5.77. The SMILES string of the molecule is Cn1nc2[nH]cnc(=S)c2n1. The quantitative estimate of drug-likeness (QED) is 0.578. The van der Waals surface area contributed by atoms with Gasteiger partial charge in [0.15, 0.2) is 15.8 Å². The monoisotopic (exact) mass is 167 g/mol. The molecule has 2 aromatic rings. The molecule has 5 nitrogen and oxygen atoms in total. The van der Waals surface area contributed by atoms with E-state index >= 15 is 0 Å². The molecule has 2 rings (SSSR count). The second-order valence-electron chi connectivity index (χ2n) is 2.09. The predicted octanol–water partition coefficient (Wildman–Crippen LogP) is 0.421. The third kappa shape index (κ3) is 0.911. The summed E-state index contributed by atoms with van der Waals surface area (Å²) in [4.78, 5) is 8.16. The van der Waals surface area contributed by atoms with Crippen LogP contribution in [0.3, 0.4) is 0 Å². The van der Waals surface area contributed by atoms with E-state index in [1.165, 1.54) is 11.1 Å². The Bertz CT molecular complexity index is 441. The van der Waals surface area contributed by atoms with Gasteiger partial charge in [-0.15, -0.1) is 10.2 Å². The maximum atomic E-state index is 4.92. The van der Waals surface area contributed by atoms with E-state index in [0.717, 1.165) is 0 Å². The number of hydrogen-bond donors (Lipinski definition) is 1. The average Bonchev–Trinajstić information content (AvgIpc) is 2.31. The van der Waals surface area contributed by atoms with Crippen molar-refractivity contribution >= 4 is 23.4 Å². The van der Waals surface area contributed by atoms with Gasteiger partial charge in [-0.05, 0) is 0 Å². The first-order valence-corrected chi connectivity index (χ1v) is 3.43. The van der Waals surface area contributed by atoms with E-state index in [0.29, 0.717) is 15.8 Å². The van der Waals surface area contributed by atoms with Gasteiger partial charge in [-0.2, -0.15) is 4.80 Å². The molecular weight excluding hydrogens is 162 g/mol. The number of hydrogen-bond acceptors (Lipinski definition) is 4. The van der Waals surface area contributed by atoms with Crippen LogP contribution in [0, 0.1) is 4.64 Å². The van der Waals surface area contributed by atoms with Crippen LogP contribution in [0.15, 0.2) is 6.33 Å². The fourth-order valence-corrected chi connectivity index (χ4v) is 1.05. The zero-order valence-corrected chi connectivity index (χ0v) is 6.59. The molecular formula is C5H5N5S. The van der Waals surface area contributed by atoms with Crippen molar-refractivity contribution < 1.29 is 0 Å². The second-order valence-corrected chi connectivity index (χ2v) is 2.48. The molecule has 0 unspecified atom stereocenters. The second kappa shape index (κ2) is 2.09. The molecule has 0 spiro atoms. The average molecular weight is 167 g/mol. The molecule has 0 radical (unpaired) electrons. The topological polar surface area (TPSA) is 59.4 Å². The van der Waals surface area contributed by atoms with Crippen molar-refractivity contribution in [2.45, 2.75) is 0 Å². The van der Waals surface area contributed by atoms with Gasteiger partial charge in [-0.25, -0.2) is 4.98 Å². The number of aryl methyl sites for hydroxylation is 1. The highest BCUT2D eigenvalue weighted by Crippen LogP contribution is 2.02. The van der Waals surface area contributed by atoms with Crippen LogP contribution in [-0.2, 0) is 7.05 Å². The third-order valence-electron chi connectivity index (χ3n) is 1.30. The first kappa shape index (κ1) is 6.41. The molecule has 56 valence electrons. The number of nitrogens with one attached hydrogen (secondary N) is 1. The summed E-state index contributed by atoms with van der Waals surface area (Å²) in [6.07, 6.45) is 1.51. The molecule has 0 amide bonds. The molecule has 0 atom stereocenters. The smallest absolute Gasteiger partial charge is 0.184 e. The van der Waals surface area contributed by atoms with E-state index in [1.807, 2.05) is 0 Å². The number of H-pyrrole nitrogens is 1. The summed E-state index contributed by atoms with van der Waals surface area (Å²) < 4.78 is 0.479. The normalized spacial score (nSPS) is 10.6. The highest BCUT2D eigenvalue weighted by molar-refractivity contribution is 7.71. The largest absolute Gasteiger partial charge is 0.328 e. The summed E-state index contributed by atoms with van der Waals surface area (Å²) in [7, 11) is 1.74. The van der Waals surface area contributed by atoms with Gasteiger partial charge in [0.2, 0.25) is 0 Å². The number of rotatable bonds is 0. The number of nitrogens with zero attached hydrogens (tertiary/aromatic N) is 4. The van der Waals surface area contributed by atoms with E-state index in [1.54, 1.807) is 7.05 Å². The number of aromatic amines is 1. The summed E-state index contributed by atoms with van der Waals surface area (Å²) in [6.45, 7) is 0. The lowest BCUT2D eigenvalue weighted by Gasteiger charge is -1.81. The minimum absolute atomic E-state index is 0.479. The maximum Gasteiger partial charge on any atom is 0.184 e. The molecule has 0 aliphatic rings. The highest BCUT2D eigenvalue weighted by atomic mass is 32.1. The maximum absolute atomic E-state index is 4.92. The van der Waals surface area contributed by atoms with E-state index < -0.39 is 0 Å². The summed E-state index contributed by atoms with van der Waals surface area (Å²) >= 11 is 4.92. The van der Waals surface area contributed by atoms with Crippen LogP contribution in [0.2, 0.25) is 0 Å². The molecule has 0 bridgehead atoms. The Morgan fingerprint density at radius 3 is 3.09 bits per heavy atom. The van der Waals surface area contributed by atoms with Gasteiger partial charge in [0.25, 0.3) is 0 Å². The standard InChI is InChI=1S/C5H5N5S/c1-10-8-3-4(9-10)6-2-7-5(3)11/h2H,1H3,(H,6,7,9,11). The van der Waals surface area contributed by atoms with Gasteiger partial charge in [-0.1, -0.05) is 12.2 Å². The predicted molar refractivity (Wildman–Crippen MR) is 41.5 cm³/mol. The molecule has 0 saturated carbocycles. The molecule has 1 N–H and O–H groups in total. The lowest BCUT2D eigenvalue weighted by molar-refractivity contribution is 0.663. The molecule has 0 fully saturated rings. The van der Waals surface area contributed by atoms with Crippen LogP contribution in [-0.4, -0.2) is 25.0 Å². The van der Waals surface area contributed by atoms with Crippen molar-refractivity contribution in [1.29, 1.82) is 0 Å². The van der Waals surface area contributed by atoms with Gasteiger partial charge < -0.3 is 4.98 Å². The Balaban J connectivity index is 3.02. The van der Waals surface area contributed by atoms with Crippen molar-refractivity contribution in [3.8, 4) is 0 Å². The van der Waals surface area contributed by atoms with Crippen LogP contribution in [0.1, 0.15) is 0 Å². The van der Waals surface area contributed by atoms with Crippen molar-refractivity contribution in [1.82, 2.24) is 25.0 Å². The molecule has 2 aromatic heterocycles.